The molecule has 0 spiro atoms. The standard InChI is InChI=1S/C23H23N5O5/c1-14-7-15(2)9-19(8-14)33-22-21-26-28(23(30)27(21)6-5-24-22)13-20(29)25-16-10-17(31-3)12-18(11-16)32-4/h5-12H,13H2,1-4H3,(H,25,29). The van der Waals surface area contributed by atoms with Gasteiger partial charge in [0, 0.05) is 36.3 Å². The minimum Gasteiger partial charge on any atom is -0.497 e. The Balaban J connectivity index is 1.59. The number of anilines is 1. The van der Waals surface area contributed by atoms with E-state index in [4.69, 9.17) is 14.2 Å². The molecule has 0 aliphatic heterocycles. The van der Waals surface area contributed by atoms with Crippen LogP contribution in [0.15, 0.2) is 53.6 Å². The van der Waals surface area contributed by atoms with Gasteiger partial charge in [-0.05, 0) is 37.1 Å². The van der Waals surface area contributed by atoms with Crippen LogP contribution in [0.3, 0.4) is 0 Å². The molecule has 10 heteroatoms. The van der Waals surface area contributed by atoms with Crippen LogP contribution in [0.4, 0.5) is 5.69 Å². The highest BCUT2D eigenvalue weighted by Gasteiger charge is 2.16. The van der Waals surface area contributed by atoms with Gasteiger partial charge in [-0.25, -0.2) is 18.9 Å². The third kappa shape index (κ3) is 4.79. The summed E-state index contributed by atoms with van der Waals surface area (Å²) < 4.78 is 18.7. The zero-order valence-corrected chi connectivity index (χ0v) is 18.7. The maximum atomic E-state index is 12.8. The molecule has 0 saturated heterocycles. The van der Waals surface area contributed by atoms with E-state index in [9.17, 15) is 9.59 Å². The van der Waals surface area contributed by atoms with E-state index >= 15 is 0 Å². The lowest BCUT2D eigenvalue weighted by atomic mass is 10.1. The fourth-order valence-corrected chi connectivity index (χ4v) is 3.42. The maximum absolute atomic E-state index is 12.8. The van der Waals surface area contributed by atoms with Crippen molar-refractivity contribution in [3.05, 3.63) is 70.4 Å². The normalized spacial score (nSPS) is 10.8. The minimum atomic E-state index is -0.490. The number of carbonyl (C=O) groups is 1. The third-order valence-corrected chi connectivity index (χ3v) is 4.81. The smallest absolute Gasteiger partial charge is 0.351 e. The van der Waals surface area contributed by atoms with Crippen LogP contribution in [0.1, 0.15) is 11.1 Å². The number of benzene rings is 2. The molecular weight excluding hydrogens is 426 g/mol. The average Bonchev–Trinajstić information content (AvgIpc) is 3.09. The molecule has 2 aromatic carbocycles. The van der Waals surface area contributed by atoms with Crippen molar-refractivity contribution in [2.45, 2.75) is 20.4 Å². The van der Waals surface area contributed by atoms with Gasteiger partial charge in [0.2, 0.25) is 11.6 Å². The number of hydrogen-bond donors (Lipinski definition) is 1. The first-order chi connectivity index (χ1) is 15.9. The molecule has 170 valence electrons. The molecule has 0 fully saturated rings. The molecule has 33 heavy (non-hydrogen) atoms. The Morgan fingerprint density at radius 3 is 2.27 bits per heavy atom. The number of amides is 1. The van der Waals surface area contributed by atoms with Gasteiger partial charge >= 0.3 is 5.69 Å². The van der Waals surface area contributed by atoms with E-state index in [1.54, 1.807) is 18.2 Å². The van der Waals surface area contributed by atoms with Gasteiger partial charge in [0.05, 0.1) is 14.2 Å². The lowest BCUT2D eigenvalue weighted by Crippen LogP contribution is -2.28. The number of aryl methyl sites for hydroxylation is 2. The Morgan fingerprint density at radius 1 is 0.970 bits per heavy atom. The summed E-state index contributed by atoms with van der Waals surface area (Å²) in [6, 6.07) is 10.7. The number of nitrogens with zero attached hydrogens (tertiary/aromatic N) is 4. The summed E-state index contributed by atoms with van der Waals surface area (Å²) in [4.78, 5) is 29.6. The molecule has 0 saturated carbocycles. The summed E-state index contributed by atoms with van der Waals surface area (Å²) in [5.74, 6) is 1.35. The first-order valence-electron chi connectivity index (χ1n) is 10.1. The van der Waals surface area contributed by atoms with E-state index in [0.29, 0.717) is 22.9 Å². The second-order valence-electron chi connectivity index (χ2n) is 7.44. The average molecular weight is 449 g/mol. The number of rotatable bonds is 7. The lowest BCUT2D eigenvalue weighted by molar-refractivity contribution is -0.117. The van der Waals surface area contributed by atoms with Crippen LogP contribution >= 0.6 is 0 Å². The number of ether oxygens (including phenoxy) is 3. The van der Waals surface area contributed by atoms with Gasteiger partial charge in [0.15, 0.2) is 0 Å². The summed E-state index contributed by atoms with van der Waals surface area (Å²) in [6.45, 7) is 3.62. The van der Waals surface area contributed by atoms with Gasteiger partial charge in [-0.1, -0.05) is 6.07 Å². The van der Waals surface area contributed by atoms with Gasteiger partial charge < -0.3 is 19.5 Å². The SMILES string of the molecule is COc1cc(NC(=O)Cn2nc3c(Oc4cc(C)cc(C)c4)nccn3c2=O)cc(OC)c1. The summed E-state index contributed by atoms with van der Waals surface area (Å²) in [7, 11) is 3.03. The third-order valence-electron chi connectivity index (χ3n) is 4.81. The molecule has 4 aromatic rings. The van der Waals surface area contributed by atoms with Crippen molar-refractivity contribution in [3.63, 3.8) is 0 Å². The second kappa shape index (κ2) is 9.03. The van der Waals surface area contributed by atoms with E-state index < -0.39 is 11.6 Å². The summed E-state index contributed by atoms with van der Waals surface area (Å²) in [6.07, 6.45) is 2.92. The predicted molar refractivity (Wildman–Crippen MR) is 121 cm³/mol. The van der Waals surface area contributed by atoms with E-state index in [2.05, 4.69) is 15.4 Å². The molecule has 0 radical (unpaired) electrons. The summed E-state index contributed by atoms with van der Waals surface area (Å²) in [5, 5.41) is 7.00. The molecular formula is C23H23N5O5. The Labute approximate surface area is 189 Å². The van der Waals surface area contributed by atoms with Crippen molar-refractivity contribution in [2.75, 3.05) is 19.5 Å². The van der Waals surface area contributed by atoms with Crippen LogP contribution in [0.25, 0.3) is 5.65 Å². The van der Waals surface area contributed by atoms with Gasteiger partial charge in [-0.2, -0.15) is 0 Å². The van der Waals surface area contributed by atoms with Gasteiger partial charge in [0.25, 0.3) is 5.88 Å². The highest BCUT2D eigenvalue weighted by Crippen LogP contribution is 2.26. The molecule has 0 aliphatic rings. The molecule has 0 aliphatic carbocycles. The van der Waals surface area contributed by atoms with Crippen molar-refractivity contribution < 1.29 is 19.0 Å². The molecule has 1 N–H and O–H groups in total. The van der Waals surface area contributed by atoms with Gasteiger partial charge in [-0.15, -0.1) is 5.10 Å². The molecule has 0 bridgehead atoms. The highest BCUT2D eigenvalue weighted by atomic mass is 16.5. The largest absolute Gasteiger partial charge is 0.497 e. The fourth-order valence-electron chi connectivity index (χ4n) is 3.42. The summed E-state index contributed by atoms with van der Waals surface area (Å²) in [5.41, 5.74) is 2.25. The highest BCUT2D eigenvalue weighted by molar-refractivity contribution is 5.91. The fraction of sp³-hybridized carbons (Fsp3) is 0.217. The van der Waals surface area contributed by atoms with Crippen LogP contribution < -0.4 is 25.2 Å². The van der Waals surface area contributed by atoms with Crippen molar-refractivity contribution >= 4 is 17.2 Å². The van der Waals surface area contributed by atoms with Gasteiger partial charge in [-0.3, -0.25) is 4.79 Å². The van der Waals surface area contributed by atoms with Crippen molar-refractivity contribution in [3.8, 4) is 23.1 Å². The van der Waals surface area contributed by atoms with Gasteiger partial charge in [0.1, 0.15) is 23.8 Å². The Morgan fingerprint density at radius 2 is 1.64 bits per heavy atom. The minimum absolute atomic E-state index is 0.163. The lowest BCUT2D eigenvalue weighted by Gasteiger charge is -2.09. The molecule has 2 aromatic heterocycles. The first kappa shape index (κ1) is 21.9. The Bertz CT molecular complexity index is 1350. The van der Waals surface area contributed by atoms with Crippen LogP contribution in [0, 0.1) is 13.8 Å². The number of carbonyl (C=O) groups excluding carboxylic acids is 1. The number of methoxy groups -OCH3 is 2. The maximum Gasteiger partial charge on any atom is 0.351 e. The molecule has 1 amide bonds. The number of nitrogens with one attached hydrogen (secondary N) is 1. The Kier molecular flexibility index (Phi) is 5.99. The van der Waals surface area contributed by atoms with Crippen molar-refractivity contribution in [1.82, 2.24) is 19.2 Å². The van der Waals surface area contributed by atoms with E-state index in [0.717, 1.165) is 15.8 Å². The number of aromatic nitrogens is 4. The van der Waals surface area contributed by atoms with Crippen LogP contribution in [0.5, 0.6) is 23.1 Å². The van der Waals surface area contributed by atoms with Crippen molar-refractivity contribution in [2.24, 2.45) is 0 Å². The number of hydrogen-bond acceptors (Lipinski definition) is 7. The topological polar surface area (TPSA) is 109 Å². The predicted octanol–water partition coefficient (Wildman–Crippen LogP) is 2.96. The molecule has 0 unspecified atom stereocenters. The second-order valence-corrected chi connectivity index (χ2v) is 7.44. The van der Waals surface area contributed by atoms with E-state index in [-0.39, 0.29) is 18.1 Å². The van der Waals surface area contributed by atoms with Crippen LogP contribution in [-0.2, 0) is 11.3 Å². The molecule has 4 rings (SSSR count). The Hall–Kier alpha value is -4.34. The zero-order valence-electron chi connectivity index (χ0n) is 18.7. The quantitative estimate of drug-likeness (QED) is 0.462. The van der Waals surface area contributed by atoms with Crippen molar-refractivity contribution in [1.29, 1.82) is 0 Å². The molecule has 10 nitrogen and oxygen atoms in total. The monoisotopic (exact) mass is 449 g/mol. The first-order valence-corrected chi connectivity index (χ1v) is 10.1. The molecule has 2 heterocycles. The van der Waals surface area contributed by atoms with Crippen LogP contribution in [-0.4, -0.2) is 39.3 Å². The molecule has 0 atom stereocenters. The van der Waals surface area contributed by atoms with E-state index in [1.807, 2.05) is 32.0 Å². The number of fused-ring (bicyclic) bond motifs is 1. The van der Waals surface area contributed by atoms with Crippen LogP contribution in [0.2, 0.25) is 0 Å². The van der Waals surface area contributed by atoms with E-state index in [1.165, 1.54) is 31.0 Å². The summed E-state index contributed by atoms with van der Waals surface area (Å²) >= 11 is 0. The zero-order chi connectivity index (χ0) is 23.5.